The topological polar surface area (TPSA) is 58.6 Å². The molecule has 0 radical (unpaired) electrons. The molecule has 0 N–H and O–H groups in total. The Balaban J connectivity index is 1.25. The Hall–Kier alpha value is -1.93. The fourth-order valence-electron chi connectivity index (χ4n) is 3.68. The summed E-state index contributed by atoms with van der Waals surface area (Å²) in [5.41, 5.74) is 2.30. The lowest BCUT2D eigenvalue weighted by Crippen LogP contribution is -2.50. The van der Waals surface area contributed by atoms with Crippen LogP contribution in [0.25, 0.3) is 0 Å². The first kappa shape index (κ1) is 21.3. The highest BCUT2D eigenvalue weighted by Gasteiger charge is 2.23. The standard InChI is InChI=1S/C22H28N4O2S2/c1-16-14-20(24-17(2)23-16)25-8-10-26(11-9-25)21(27)15-28-19-6-4-18(5-7-19)22-29-12-3-13-30-22/h4-7,14,22H,3,8-13,15H2,1-2H3. The summed E-state index contributed by atoms with van der Waals surface area (Å²) < 4.78 is 6.29. The van der Waals surface area contributed by atoms with Crippen molar-refractivity contribution in [2.24, 2.45) is 0 Å². The second-order valence-electron chi connectivity index (χ2n) is 7.57. The number of ether oxygens (including phenoxy) is 1. The number of carbonyl (C=O) groups excluding carboxylic acids is 1. The quantitative estimate of drug-likeness (QED) is 0.697. The van der Waals surface area contributed by atoms with Gasteiger partial charge in [-0.1, -0.05) is 12.1 Å². The van der Waals surface area contributed by atoms with Gasteiger partial charge >= 0.3 is 0 Å². The smallest absolute Gasteiger partial charge is 0.260 e. The predicted octanol–water partition coefficient (Wildman–Crippen LogP) is 3.69. The summed E-state index contributed by atoms with van der Waals surface area (Å²) in [6.07, 6.45) is 1.29. The highest BCUT2D eigenvalue weighted by molar-refractivity contribution is 8.16. The number of anilines is 1. The van der Waals surface area contributed by atoms with Crippen LogP contribution in [0.5, 0.6) is 5.75 Å². The number of rotatable bonds is 5. The molecule has 30 heavy (non-hydrogen) atoms. The van der Waals surface area contributed by atoms with Gasteiger partial charge in [-0.25, -0.2) is 9.97 Å². The van der Waals surface area contributed by atoms with Crippen molar-refractivity contribution in [2.75, 3.05) is 49.2 Å². The third kappa shape index (κ3) is 5.40. The van der Waals surface area contributed by atoms with Crippen molar-refractivity contribution < 1.29 is 9.53 Å². The molecule has 2 aliphatic heterocycles. The minimum Gasteiger partial charge on any atom is -0.484 e. The van der Waals surface area contributed by atoms with E-state index in [4.69, 9.17) is 4.74 Å². The second kappa shape index (κ2) is 9.92. The number of nitrogens with zero attached hydrogens (tertiary/aromatic N) is 4. The Morgan fingerprint density at radius 2 is 1.77 bits per heavy atom. The summed E-state index contributed by atoms with van der Waals surface area (Å²) in [6.45, 7) is 6.87. The number of amides is 1. The Labute approximate surface area is 186 Å². The number of thioether (sulfide) groups is 2. The Kier molecular flexibility index (Phi) is 7.04. The molecule has 4 rings (SSSR count). The van der Waals surface area contributed by atoms with Crippen molar-refractivity contribution in [1.29, 1.82) is 0 Å². The van der Waals surface area contributed by atoms with E-state index in [0.717, 1.165) is 36.2 Å². The van der Waals surface area contributed by atoms with E-state index < -0.39 is 0 Å². The SMILES string of the molecule is Cc1cc(N2CCN(C(=O)COc3ccc(C4SCCCS4)cc3)CC2)nc(C)n1. The van der Waals surface area contributed by atoms with Gasteiger partial charge in [-0.3, -0.25) is 4.79 Å². The van der Waals surface area contributed by atoms with Crippen LogP contribution in [0.15, 0.2) is 30.3 Å². The summed E-state index contributed by atoms with van der Waals surface area (Å²) in [5, 5.41) is 0. The van der Waals surface area contributed by atoms with E-state index in [1.807, 2.05) is 60.5 Å². The maximum absolute atomic E-state index is 12.6. The number of carbonyl (C=O) groups is 1. The van der Waals surface area contributed by atoms with Crippen LogP contribution in [0.1, 0.15) is 28.1 Å². The lowest BCUT2D eigenvalue weighted by Gasteiger charge is -2.35. The first-order valence-electron chi connectivity index (χ1n) is 10.4. The molecule has 0 unspecified atom stereocenters. The molecule has 2 aromatic rings. The molecule has 6 nitrogen and oxygen atoms in total. The highest BCUT2D eigenvalue weighted by Crippen LogP contribution is 2.43. The van der Waals surface area contributed by atoms with Gasteiger partial charge in [-0.05, 0) is 49.5 Å². The molecule has 0 aliphatic carbocycles. The minimum absolute atomic E-state index is 0.0344. The zero-order valence-electron chi connectivity index (χ0n) is 17.5. The van der Waals surface area contributed by atoms with Crippen molar-refractivity contribution in [3.05, 3.63) is 47.4 Å². The normalized spacial score (nSPS) is 17.8. The van der Waals surface area contributed by atoms with Gasteiger partial charge in [0, 0.05) is 37.9 Å². The van der Waals surface area contributed by atoms with Gasteiger partial charge in [0.05, 0.1) is 4.58 Å². The van der Waals surface area contributed by atoms with Gasteiger partial charge in [0.1, 0.15) is 17.4 Å². The third-order valence-corrected chi connectivity index (χ3v) is 8.27. The second-order valence-corrected chi connectivity index (χ2v) is 10.3. The van der Waals surface area contributed by atoms with Crippen molar-refractivity contribution in [1.82, 2.24) is 14.9 Å². The Morgan fingerprint density at radius 1 is 1.07 bits per heavy atom. The lowest BCUT2D eigenvalue weighted by molar-refractivity contribution is -0.133. The molecule has 0 atom stereocenters. The predicted molar refractivity (Wildman–Crippen MR) is 125 cm³/mol. The average Bonchev–Trinajstić information content (AvgIpc) is 2.78. The fourth-order valence-corrected chi connectivity index (χ4v) is 6.58. The molecule has 0 bridgehead atoms. The zero-order valence-corrected chi connectivity index (χ0v) is 19.2. The van der Waals surface area contributed by atoms with Crippen LogP contribution in [0.4, 0.5) is 5.82 Å². The summed E-state index contributed by atoms with van der Waals surface area (Å²) in [6, 6.07) is 10.2. The van der Waals surface area contributed by atoms with Crippen LogP contribution in [-0.4, -0.2) is 65.1 Å². The molecule has 8 heteroatoms. The average molecular weight is 445 g/mol. The molecule has 2 saturated heterocycles. The minimum atomic E-state index is 0.0344. The van der Waals surface area contributed by atoms with Crippen molar-refractivity contribution >= 4 is 35.2 Å². The largest absolute Gasteiger partial charge is 0.484 e. The van der Waals surface area contributed by atoms with Crippen molar-refractivity contribution in [3.8, 4) is 5.75 Å². The highest BCUT2D eigenvalue weighted by atomic mass is 32.2. The Bertz CT molecular complexity index is 844. The molecule has 0 saturated carbocycles. The fraction of sp³-hybridized carbons (Fsp3) is 0.500. The zero-order chi connectivity index (χ0) is 20.9. The van der Waals surface area contributed by atoms with E-state index in [1.54, 1.807) is 0 Å². The van der Waals surface area contributed by atoms with E-state index in [-0.39, 0.29) is 12.5 Å². The van der Waals surface area contributed by atoms with Gasteiger partial charge < -0.3 is 14.5 Å². The third-order valence-electron chi connectivity index (χ3n) is 5.25. The molecule has 1 aromatic carbocycles. The van der Waals surface area contributed by atoms with E-state index in [9.17, 15) is 4.79 Å². The van der Waals surface area contributed by atoms with Gasteiger partial charge in [0.25, 0.3) is 5.91 Å². The number of piperazine rings is 1. The van der Waals surface area contributed by atoms with Crippen LogP contribution in [-0.2, 0) is 4.79 Å². The number of hydrogen-bond acceptors (Lipinski definition) is 7. The summed E-state index contributed by atoms with van der Waals surface area (Å²) in [5.74, 6) is 4.97. The maximum Gasteiger partial charge on any atom is 0.260 e. The number of aryl methyl sites for hydroxylation is 2. The number of benzene rings is 1. The van der Waals surface area contributed by atoms with Crippen LogP contribution in [0.2, 0.25) is 0 Å². The molecule has 2 aliphatic rings. The van der Waals surface area contributed by atoms with E-state index >= 15 is 0 Å². The Morgan fingerprint density at radius 3 is 2.43 bits per heavy atom. The molecular formula is C22H28N4O2S2. The summed E-state index contributed by atoms with van der Waals surface area (Å²) in [7, 11) is 0. The van der Waals surface area contributed by atoms with Crippen LogP contribution < -0.4 is 9.64 Å². The molecule has 1 aromatic heterocycles. The van der Waals surface area contributed by atoms with Crippen LogP contribution >= 0.6 is 23.5 Å². The van der Waals surface area contributed by atoms with Gasteiger partial charge in [-0.2, -0.15) is 0 Å². The number of aromatic nitrogens is 2. The van der Waals surface area contributed by atoms with Crippen LogP contribution in [0.3, 0.4) is 0 Å². The monoisotopic (exact) mass is 444 g/mol. The molecule has 2 fully saturated rings. The summed E-state index contributed by atoms with van der Waals surface area (Å²) >= 11 is 4.02. The van der Waals surface area contributed by atoms with Gasteiger partial charge in [-0.15, -0.1) is 23.5 Å². The first-order chi connectivity index (χ1) is 14.6. The maximum atomic E-state index is 12.6. The molecular weight excluding hydrogens is 416 g/mol. The van der Waals surface area contributed by atoms with Crippen LogP contribution in [0, 0.1) is 13.8 Å². The first-order valence-corrected chi connectivity index (χ1v) is 12.5. The molecule has 160 valence electrons. The van der Waals surface area contributed by atoms with Crippen molar-refractivity contribution in [2.45, 2.75) is 24.9 Å². The van der Waals surface area contributed by atoms with Gasteiger partial charge in [0.15, 0.2) is 6.61 Å². The van der Waals surface area contributed by atoms with Gasteiger partial charge in [0.2, 0.25) is 0 Å². The van der Waals surface area contributed by atoms with E-state index in [1.165, 1.54) is 23.5 Å². The number of hydrogen-bond donors (Lipinski definition) is 0. The van der Waals surface area contributed by atoms with Crippen molar-refractivity contribution in [3.63, 3.8) is 0 Å². The van der Waals surface area contributed by atoms with E-state index in [2.05, 4.69) is 27.0 Å². The molecule has 0 spiro atoms. The summed E-state index contributed by atoms with van der Waals surface area (Å²) in [4.78, 5) is 25.5. The molecule has 1 amide bonds. The molecule has 3 heterocycles. The lowest BCUT2D eigenvalue weighted by atomic mass is 10.2. The van der Waals surface area contributed by atoms with E-state index in [0.29, 0.717) is 17.7 Å².